The summed E-state index contributed by atoms with van der Waals surface area (Å²) >= 11 is 3.30. The molecule has 0 spiro atoms. The summed E-state index contributed by atoms with van der Waals surface area (Å²) in [6, 6.07) is 1.85. The van der Waals surface area contributed by atoms with Crippen LogP contribution in [0, 0.1) is 5.92 Å². The van der Waals surface area contributed by atoms with Crippen molar-refractivity contribution in [2.75, 3.05) is 6.61 Å². The Kier molecular flexibility index (Phi) is 3.02. The molecule has 1 aliphatic rings. The molecule has 80 valence electrons. The SMILES string of the molecule is O=C(O)C1CCOC1c1cncc(Br)c1. The van der Waals surface area contributed by atoms with Gasteiger partial charge in [-0.25, -0.2) is 0 Å². The average molecular weight is 272 g/mol. The Bertz CT molecular complexity index is 383. The zero-order chi connectivity index (χ0) is 10.8. The second-order valence-electron chi connectivity index (χ2n) is 3.46. The van der Waals surface area contributed by atoms with E-state index in [-0.39, 0.29) is 6.10 Å². The molecule has 0 radical (unpaired) electrons. The largest absolute Gasteiger partial charge is 0.481 e. The predicted molar refractivity (Wildman–Crippen MR) is 56.4 cm³/mol. The van der Waals surface area contributed by atoms with E-state index in [1.54, 1.807) is 12.4 Å². The molecule has 15 heavy (non-hydrogen) atoms. The predicted octanol–water partition coefficient (Wildman–Crippen LogP) is 2.01. The molecule has 0 amide bonds. The van der Waals surface area contributed by atoms with Crippen molar-refractivity contribution in [3.8, 4) is 0 Å². The summed E-state index contributed by atoms with van der Waals surface area (Å²) in [6.45, 7) is 0.494. The van der Waals surface area contributed by atoms with Crippen LogP contribution in [0.3, 0.4) is 0 Å². The maximum absolute atomic E-state index is 11.0. The Labute approximate surface area is 95.4 Å². The Morgan fingerprint density at radius 2 is 2.40 bits per heavy atom. The van der Waals surface area contributed by atoms with Crippen LogP contribution in [0.4, 0.5) is 0 Å². The van der Waals surface area contributed by atoms with E-state index in [1.807, 2.05) is 6.07 Å². The molecule has 4 nitrogen and oxygen atoms in total. The van der Waals surface area contributed by atoms with Crippen LogP contribution in [0.5, 0.6) is 0 Å². The smallest absolute Gasteiger partial charge is 0.309 e. The number of nitrogens with zero attached hydrogens (tertiary/aromatic N) is 1. The summed E-state index contributed by atoms with van der Waals surface area (Å²) in [5.41, 5.74) is 0.814. The van der Waals surface area contributed by atoms with E-state index in [9.17, 15) is 4.79 Å². The van der Waals surface area contributed by atoms with Gasteiger partial charge in [-0.05, 0) is 28.4 Å². The van der Waals surface area contributed by atoms with Gasteiger partial charge in [0.2, 0.25) is 0 Å². The molecule has 0 bridgehead atoms. The van der Waals surface area contributed by atoms with Crippen LogP contribution in [0.2, 0.25) is 0 Å². The van der Waals surface area contributed by atoms with Crippen molar-refractivity contribution < 1.29 is 14.6 Å². The van der Waals surface area contributed by atoms with E-state index in [2.05, 4.69) is 20.9 Å². The number of hydrogen-bond donors (Lipinski definition) is 1. The molecule has 2 heterocycles. The Morgan fingerprint density at radius 1 is 1.60 bits per heavy atom. The first-order chi connectivity index (χ1) is 7.18. The summed E-state index contributed by atoms with van der Waals surface area (Å²) in [6.07, 6.45) is 3.50. The highest BCUT2D eigenvalue weighted by Crippen LogP contribution is 2.34. The van der Waals surface area contributed by atoms with E-state index in [1.165, 1.54) is 0 Å². The number of carboxylic acids is 1. The van der Waals surface area contributed by atoms with Gasteiger partial charge in [0.15, 0.2) is 0 Å². The van der Waals surface area contributed by atoms with Gasteiger partial charge in [-0.3, -0.25) is 9.78 Å². The zero-order valence-corrected chi connectivity index (χ0v) is 9.48. The lowest BCUT2D eigenvalue weighted by Crippen LogP contribution is -2.17. The molecule has 0 saturated carbocycles. The molecule has 1 fully saturated rings. The fraction of sp³-hybridized carbons (Fsp3) is 0.400. The van der Waals surface area contributed by atoms with Gasteiger partial charge in [-0.2, -0.15) is 0 Å². The number of carbonyl (C=O) groups is 1. The van der Waals surface area contributed by atoms with Crippen molar-refractivity contribution in [1.82, 2.24) is 4.98 Å². The molecule has 1 aromatic rings. The van der Waals surface area contributed by atoms with Gasteiger partial charge in [0.25, 0.3) is 0 Å². The average Bonchev–Trinajstić information content (AvgIpc) is 2.65. The molecule has 2 rings (SSSR count). The number of ether oxygens (including phenoxy) is 1. The number of rotatable bonds is 2. The van der Waals surface area contributed by atoms with Crippen LogP contribution in [-0.2, 0) is 9.53 Å². The third-order valence-electron chi connectivity index (χ3n) is 2.46. The number of aliphatic carboxylic acids is 1. The van der Waals surface area contributed by atoms with Crippen molar-refractivity contribution in [2.45, 2.75) is 12.5 Å². The van der Waals surface area contributed by atoms with Crippen molar-refractivity contribution in [3.63, 3.8) is 0 Å². The molecule has 0 aliphatic carbocycles. The van der Waals surface area contributed by atoms with Crippen molar-refractivity contribution in [1.29, 1.82) is 0 Å². The van der Waals surface area contributed by atoms with E-state index < -0.39 is 11.9 Å². The van der Waals surface area contributed by atoms with Crippen LogP contribution in [0.15, 0.2) is 22.9 Å². The van der Waals surface area contributed by atoms with Gasteiger partial charge in [0, 0.05) is 29.0 Å². The molecule has 2 unspecified atom stereocenters. The highest BCUT2D eigenvalue weighted by Gasteiger charge is 2.35. The monoisotopic (exact) mass is 271 g/mol. The van der Waals surface area contributed by atoms with Crippen LogP contribution < -0.4 is 0 Å². The minimum Gasteiger partial charge on any atom is -0.481 e. The minimum absolute atomic E-state index is 0.368. The van der Waals surface area contributed by atoms with Gasteiger partial charge in [0.1, 0.15) is 0 Å². The second kappa shape index (κ2) is 4.28. The summed E-state index contributed by atoms with van der Waals surface area (Å²) in [5, 5.41) is 9.00. The Morgan fingerprint density at radius 3 is 3.07 bits per heavy atom. The van der Waals surface area contributed by atoms with Crippen molar-refractivity contribution in [2.24, 2.45) is 5.92 Å². The lowest BCUT2D eigenvalue weighted by atomic mass is 9.97. The van der Waals surface area contributed by atoms with Crippen LogP contribution in [0.1, 0.15) is 18.1 Å². The van der Waals surface area contributed by atoms with Gasteiger partial charge in [-0.15, -0.1) is 0 Å². The lowest BCUT2D eigenvalue weighted by molar-refractivity contribution is -0.143. The molecule has 1 aliphatic heterocycles. The fourth-order valence-corrected chi connectivity index (χ4v) is 2.14. The van der Waals surface area contributed by atoms with E-state index in [0.717, 1.165) is 10.0 Å². The van der Waals surface area contributed by atoms with Crippen molar-refractivity contribution >= 4 is 21.9 Å². The number of halogens is 1. The fourth-order valence-electron chi connectivity index (χ4n) is 1.75. The van der Waals surface area contributed by atoms with Crippen LogP contribution in [-0.4, -0.2) is 22.7 Å². The first-order valence-corrected chi connectivity index (χ1v) is 5.42. The van der Waals surface area contributed by atoms with Crippen LogP contribution in [0.25, 0.3) is 0 Å². The van der Waals surface area contributed by atoms with Gasteiger partial charge in [-0.1, -0.05) is 0 Å². The number of carboxylic acid groups (broad SMARTS) is 1. The second-order valence-corrected chi connectivity index (χ2v) is 4.38. The first kappa shape index (κ1) is 10.6. The minimum atomic E-state index is -0.808. The molecule has 5 heteroatoms. The molecule has 1 saturated heterocycles. The first-order valence-electron chi connectivity index (χ1n) is 4.63. The highest BCUT2D eigenvalue weighted by atomic mass is 79.9. The molecule has 2 atom stereocenters. The Hall–Kier alpha value is -0.940. The standard InChI is InChI=1S/C10H10BrNO3/c11-7-3-6(4-12-5-7)9-8(10(13)14)1-2-15-9/h3-5,8-9H,1-2H2,(H,13,14). The number of pyridine rings is 1. The number of hydrogen-bond acceptors (Lipinski definition) is 3. The van der Waals surface area contributed by atoms with E-state index in [4.69, 9.17) is 9.84 Å². The molecule has 0 aromatic carbocycles. The number of aromatic nitrogens is 1. The van der Waals surface area contributed by atoms with Gasteiger partial charge >= 0.3 is 5.97 Å². The molecule has 1 N–H and O–H groups in total. The third-order valence-corrected chi connectivity index (χ3v) is 2.90. The third kappa shape index (κ3) is 2.18. The maximum Gasteiger partial charge on any atom is 0.309 e. The Balaban J connectivity index is 2.26. The highest BCUT2D eigenvalue weighted by molar-refractivity contribution is 9.10. The summed E-state index contributed by atoms with van der Waals surface area (Å²) < 4.78 is 6.26. The topological polar surface area (TPSA) is 59.4 Å². The normalized spacial score (nSPS) is 25.4. The zero-order valence-electron chi connectivity index (χ0n) is 7.89. The quantitative estimate of drug-likeness (QED) is 0.894. The van der Waals surface area contributed by atoms with Gasteiger partial charge < -0.3 is 9.84 Å². The lowest BCUT2D eigenvalue weighted by Gasteiger charge is -2.14. The molecule has 1 aromatic heterocycles. The van der Waals surface area contributed by atoms with Gasteiger partial charge in [0.05, 0.1) is 12.0 Å². The van der Waals surface area contributed by atoms with Crippen molar-refractivity contribution in [3.05, 3.63) is 28.5 Å². The molecular weight excluding hydrogens is 262 g/mol. The van der Waals surface area contributed by atoms with Crippen LogP contribution >= 0.6 is 15.9 Å². The van der Waals surface area contributed by atoms with E-state index in [0.29, 0.717) is 13.0 Å². The maximum atomic E-state index is 11.0. The molecular formula is C10H10BrNO3. The summed E-state index contributed by atoms with van der Waals surface area (Å²) in [5.74, 6) is -1.27. The summed E-state index contributed by atoms with van der Waals surface area (Å²) in [4.78, 5) is 15.0. The summed E-state index contributed by atoms with van der Waals surface area (Å²) in [7, 11) is 0. The van der Waals surface area contributed by atoms with E-state index >= 15 is 0 Å².